The minimum atomic E-state index is -0.532. The average molecular weight is 242 g/mol. The van der Waals surface area contributed by atoms with E-state index in [1.165, 1.54) is 11.6 Å². The summed E-state index contributed by atoms with van der Waals surface area (Å²) in [7, 11) is 1.56. The van der Waals surface area contributed by atoms with Crippen molar-refractivity contribution in [1.29, 1.82) is 0 Å². The molecule has 0 aromatic carbocycles. The zero-order valence-corrected chi connectivity index (χ0v) is 9.89. The van der Waals surface area contributed by atoms with Crippen LogP contribution in [0.25, 0.3) is 0 Å². The Labute approximate surface area is 97.7 Å². The van der Waals surface area contributed by atoms with Crippen LogP contribution < -0.4 is 5.32 Å². The minimum absolute atomic E-state index is 0.128. The predicted molar refractivity (Wildman–Crippen MR) is 59.7 cm³/mol. The van der Waals surface area contributed by atoms with Crippen molar-refractivity contribution in [2.24, 2.45) is 7.05 Å². The molecule has 1 heterocycles. The van der Waals surface area contributed by atoms with E-state index in [0.717, 1.165) is 0 Å². The minimum Gasteiger partial charge on any atom is -0.465 e. The Hall–Kier alpha value is -2.12. The molecule has 8 nitrogen and oxygen atoms in total. The molecule has 0 aliphatic rings. The lowest BCUT2D eigenvalue weighted by molar-refractivity contribution is -0.384. The largest absolute Gasteiger partial charge is 0.465 e. The topological polar surface area (TPSA) is 99.3 Å². The second-order valence-electron chi connectivity index (χ2n) is 3.32. The Kier molecular flexibility index (Phi) is 4.02. The summed E-state index contributed by atoms with van der Waals surface area (Å²) in [6.07, 6.45) is 0. The second-order valence-corrected chi connectivity index (χ2v) is 3.32. The van der Waals surface area contributed by atoms with Crippen LogP contribution in [0.1, 0.15) is 12.6 Å². The fourth-order valence-corrected chi connectivity index (χ4v) is 1.43. The number of nitrogens with one attached hydrogen (secondary N) is 1. The lowest BCUT2D eigenvalue weighted by Crippen LogP contribution is -2.18. The van der Waals surface area contributed by atoms with Crippen molar-refractivity contribution in [2.45, 2.75) is 13.8 Å². The first-order valence-corrected chi connectivity index (χ1v) is 5.04. The van der Waals surface area contributed by atoms with Crippen LogP contribution in [-0.2, 0) is 16.6 Å². The summed E-state index contributed by atoms with van der Waals surface area (Å²) in [6.45, 7) is 3.36. The van der Waals surface area contributed by atoms with Gasteiger partial charge in [0, 0.05) is 7.05 Å². The number of anilines is 1. The van der Waals surface area contributed by atoms with Gasteiger partial charge in [-0.25, -0.2) is 4.68 Å². The van der Waals surface area contributed by atoms with Gasteiger partial charge >= 0.3 is 11.7 Å². The molecular formula is C9H14N4O4. The summed E-state index contributed by atoms with van der Waals surface area (Å²) in [6, 6.07) is 0. The molecule has 0 radical (unpaired) electrons. The van der Waals surface area contributed by atoms with Crippen LogP contribution in [0.2, 0.25) is 0 Å². The van der Waals surface area contributed by atoms with E-state index in [9.17, 15) is 14.9 Å². The zero-order chi connectivity index (χ0) is 13.0. The number of nitro groups is 1. The fraction of sp³-hybridized carbons (Fsp3) is 0.556. The Balaban J connectivity index is 2.83. The summed E-state index contributed by atoms with van der Waals surface area (Å²) in [5, 5.41) is 17.4. The maximum absolute atomic E-state index is 11.1. The molecule has 0 atom stereocenters. The van der Waals surface area contributed by atoms with Crippen molar-refractivity contribution < 1.29 is 14.5 Å². The van der Waals surface area contributed by atoms with E-state index in [4.69, 9.17) is 4.74 Å². The molecular weight excluding hydrogens is 228 g/mol. The molecule has 0 saturated carbocycles. The standard InChI is InChI=1S/C9H14N4O4/c1-4-17-7(14)5-10-9-8(13(15)16)6(2)11-12(9)3/h10H,4-5H2,1-3H3. The number of rotatable bonds is 5. The SMILES string of the molecule is CCOC(=O)CNc1c([N+](=O)[O-])c(C)nn1C. The molecule has 0 aliphatic heterocycles. The van der Waals surface area contributed by atoms with Crippen LogP contribution in [0.5, 0.6) is 0 Å². The number of hydrogen-bond acceptors (Lipinski definition) is 6. The van der Waals surface area contributed by atoms with Crippen molar-refractivity contribution in [3.63, 3.8) is 0 Å². The number of aryl methyl sites for hydroxylation is 2. The number of hydrogen-bond donors (Lipinski definition) is 1. The molecule has 0 spiro atoms. The summed E-state index contributed by atoms with van der Waals surface area (Å²) >= 11 is 0. The average Bonchev–Trinajstić information content (AvgIpc) is 2.50. The highest BCUT2D eigenvalue weighted by Gasteiger charge is 2.24. The summed E-state index contributed by atoms with van der Waals surface area (Å²) in [5.74, 6) is -0.277. The first-order chi connectivity index (χ1) is 7.97. The highest BCUT2D eigenvalue weighted by Crippen LogP contribution is 2.26. The molecule has 94 valence electrons. The molecule has 0 saturated heterocycles. The monoisotopic (exact) mass is 242 g/mol. The van der Waals surface area contributed by atoms with Crippen molar-refractivity contribution in [1.82, 2.24) is 9.78 Å². The second kappa shape index (κ2) is 5.28. The van der Waals surface area contributed by atoms with Gasteiger partial charge in [0.1, 0.15) is 12.2 Å². The first-order valence-electron chi connectivity index (χ1n) is 5.04. The van der Waals surface area contributed by atoms with Crippen molar-refractivity contribution in [3.05, 3.63) is 15.8 Å². The van der Waals surface area contributed by atoms with Gasteiger partial charge in [-0.1, -0.05) is 0 Å². The van der Waals surface area contributed by atoms with E-state index in [-0.39, 0.29) is 24.7 Å². The van der Waals surface area contributed by atoms with E-state index >= 15 is 0 Å². The third-order valence-electron chi connectivity index (χ3n) is 2.08. The van der Waals surface area contributed by atoms with E-state index in [0.29, 0.717) is 5.69 Å². The zero-order valence-electron chi connectivity index (χ0n) is 9.89. The van der Waals surface area contributed by atoms with Crippen LogP contribution >= 0.6 is 0 Å². The number of nitrogens with zero attached hydrogens (tertiary/aromatic N) is 3. The molecule has 8 heteroatoms. The van der Waals surface area contributed by atoms with Gasteiger partial charge in [-0.15, -0.1) is 0 Å². The van der Waals surface area contributed by atoms with Gasteiger partial charge in [-0.05, 0) is 13.8 Å². The van der Waals surface area contributed by atoms with Gasteiger partial charge in [0.15, 0.2) is 0 Å². The van der Waals surface area contributed by atoms with Crippen molar-refractivity contribution in [2.75, 3.05) is 18.5 Å². The molecule has 1 aromatic rings. The number of ether oxygens (including phenoxy) is 1. The summed E-state index contributed by atoms with van der Waals surface area (Å²) in [4.78, 5) is 21.4. The summed E-state index contributed by atoms with van der Waals surface area (Å²) in [5.41, 5.74) is 0.167. The Morgan fingerprint density at radius 2 is 2.29 bits per heavy atom. The van der Waals surface area contributed by atoms with Crippen LogP contribution in [0, 0.1) is 17.0 Å². The van der Waals surface area contributed by atoms with Crippen molar-refractivity contribution >= 4 is 17.5 Å². The van der Waals surface area contributed by atoms with E-state index < -0.39 is 10.9 Å². The van der Waals surface area contributed by atoms with Crippen LogP contribution in [0.4, 0.5) is 11.5 Å². The lowest BCUT2D eigenvalue weighted by Gasteiger charge is -2.05. The number of carbonyl (C=O) groups is 1. The first kappa shape index (κ1) is 12.9. The molecule has 1 rings (SSSR count). The Morgan fingerprint density at radius 3 is 2.82 bits per heavy atom. The van der Waals surface area contributed by atoms with Gasteiger partial charge in [-0.3, -0.25) is 14.9 Å². The molecule has 1 aromatic heterocycles. The van der Waals surface area contributed by atoms with Gasteiger partial charge in [0.25, 0.3) is 0 Å². The third-order valence-corrected chi connectivity index (χ3v) is 2.08. The van der Waals surface area contributed by atoms with Gasteiger partial charge in [0.05, 0.1) is 11.5 Å². The smallest absolute Gasteiger partial charge is 0.333 e. The maximum atomic E-state index is 11.1. The Bertz CT molecular complexity index is 440. The van der Waals surface area contributed by atoms with Crippen LogP contribution in [0.15, 0.2) is 0 Å². The van der Waals surface area contributed by atoms with Gasteiger partial charge in [0.2, 0.25) is 5.82 Å². The molecule has 17 heavy (non-hydrogen) atoms. The predicted octanol–water partition coefficient (Wildman–Crippen LogP) is 0.612. The van der Waals surface area contributed by atoms with E-state index in [1.807, 2.05) is 0 Å². The van der Waals surface area contributed by atoms with Crippen molar-refractivity contribution in [3.8, 4) is 0 Å². The molecule has 1 N–H and O–H groups in total. The number of esters is 1. The molecule has 0 aliphatic carbocycles. The summed E-state index contributed by atoms with van der Waals surface area (Å²) < 4.78 is 6.04. The highest BCUT2D eigenvalue weighted by molar-refractivity contribution is 5.76. The molecule has 0 bridgehead atoms. The normalized spacial score (nSPS) is 10.1. The van der Waals surface area contributed by atoms with Gasteiger partial charge < -0.3 is 10.1 Å². The Morgan fingerprint density at radius 1 is 1.65 bits per heavy atom. The van der Waals surface area contributed by atoms with Gasteiger partial charge in [-0.2, -0.15) is 5.10 Å². The van der Waals surface area contributed by atoms with Crippen LogP contribution in [-0.4, -0.2) is 33.8 Å². The fourth-order valence-electron chi connectivity index (χ4n) is 1.43. The molecule has 0 unspecified atom stereocenters. The molecule has 0 amide bonds. The highest BCUT2D eigenvalue weighted by atomic mass is 16.6. The van der Waals surface area contributed by atoms with Crippen LogP contribution in [0.3, 0.4) is 0 Å². The van der Waals surface area contributed by atoms with E-state index in [2.05, 4.69) is 10.4 Å². The molecule has 0 fully saturated rings. The lowest BCUT2D eigenvalue weighted by atomic mass is 10.4. The number of carbonyl (C=O) groups excluding carboxylic acids is 1. The quantitative estimate of drug-likeness (QED) is 0.461. The maximum Gasteiger partial charge on any atom is 0.333 e. The third kappa shape index (κ3) is 2.92. The number of aromatic nitrogens is 2. The van der Waals surface area contributed by atoms with E-state index in [1.54, 1.807) is 14.0 Å².